The number of piperidine rings is 1. The Morgan fingerprint density at radius 2 is 1.89 bits per heavy atom. The molecule has 2 aliphatic heterocycles. The summed E-state index contributed by atoms with van der Waals surface area (Å²) >= 11 is 0. The highest BCUT2D eigenvalue weighted by molar-refractivity contribution is 5.81. The number of aliphatic imine (C=N–C) groups is 1. The van der Waals surface area contributed by atoms with Crippen molar-refractivity contribution in [3.05, 3.63) is 0 Å². The number of hydrogen-bond donors (Lipinski definition) is 2. The molecular weight excluding hydrogens is 236 g/mol. The maximum Gasteiger partial charge on any atom is 0.191 e. The standard InChI is InChI=1S/C15H30N4/c1-11-6-12(2)9-19(8-11)15(4,5)10-17-14-16-7-13(3)18-14/h11-13H,6-10H2,1-5H3,(H2,16,17,18). The molecule has 3 unspecified atom stereocenters. The number of rotatable bonds is 3. The summed E-state index contributed by atoms with van der Waals surface area (Å²) in [6, 6.07) is 0.473. The number of nitrogens with zero attached hydrogens (tertiary/aromatic N) is 2. The van der Waals surface area contributed by atoms with Crippen LogP contribution in [0.25, 0.3) is 0 Å². The van der Waals surface area contributed by atoms with Crippen molar-refractivity contribution in [2.75, 3.05) is 26.2 Å². The maximum atomic E-state index is 4.47. The average molecular weight is 266 g/mol. The molecule has 0 aromatic rings. The lowest BCUT2D eigenvalue weighted by molar-refractivity contribution is 0.0484. The van der Waals surface area contributed by atoms with Crippen LogP contribution in [0.3, 0.4) is 0 Å². The normalized spacial score (nSPS) is 32.9. The molecule has 0 spiro atoms. The van der Waals surface area contributed by atoms with Gasteiger partial charge in [-0.05, 0) is 39.0 Å². The predicted molar refractivity (Wildman–Crippen MR) is 81.5 cm³/mol. The van der Waals surface area contributed by atoms with Crippen molar-refractivity contribution in [2.24, 2.45) is 16.8 Å². The van der Waals surface area contributed by atoms with Crippen molar-refractivity contribution in [1.82, 2.24) is 15.5 Å². The minimum atomic E-state index is 0.180. The largest absolute Gasteiger partial charge is 0.355 e. The second-order valence-electron chi connectivity index (χ2n) is 7.25. The topological polar surface area (TPSA) is 39.7 Å². The second kappa shape index (κ2) is 5.70. The van der Waals surface area contributed by atoms with Crippen molar-refractivity contribution < 1.29 is 0 Å². The molecule has 4 heteroatoms. The van der Waals surface area contributed by atoms with E-state index in [9.17, 15) is 0 Å². The number of nitrogens with one attached hydrogen (secondary N) is 2. The molecule has 0 aliphatic carbocycles. The van der Waals surface area contributed by atoms with Crippen molar-refractivity contribution in [1.29, 1.82) is 0 Å². The zero-order valence-corrected chi connectivity index (χ0v) is 13.2. The third-order valence-electron chi connectivity index (χ3n) is 4.32. The van der Waals surface area contributed by atoms with Crippen molar-refractivity contribution in [3.8, 4) is 0 Å². The van der Waals surface area contributed by atoms with Gasteiger partial charge in [-0.25, -0.2) is 0 Å². The van der Waals surface area contributed by atoms with E-state index in [0.717, 1.165) is 30.9 Å². The molecule has 2 aliphatic rings. The fraction of sp³-hybridized carbons (Fsp3) is 0.933. The molecule has 2 rings (SSSR count). The van der Waals surface area contributed by atoms with E-state index in [-0.39, 0.29) is 5.54 Å². The van der Waals surface area contributed by atoms with Gasteiger partial charge in [0.25, 0.3) is 0 Å². The molecule has 110 valence electrons. The van der Waals surface area contributed by atoms with Crippen LogP contribution in [0, 0.1) is 11.8 Å². The van der Waals surface area contributed by atoms with E-state index in [1.165, 1.54) is 19.5 Å². The van der Waals surface area contributed by atoms with Gasteiger partial charge in [-0.15, -0.1) is 0 Å². The fourth-order valence-corrected chi connectivity index (χ4v) is 3.23. The molecular formula is C15H30N4. The highest BCUT2D eigenvalue weighted by Crippen LogP contribution is 2.26. The minimum Gasteiger partial charge on any atom is -0.355 e. The van der Waals surface area contributed by atoms with Gasteiger partial charge in [-0.2, -0.15) is 0 Å². The summed E-state index contributed by atoms with van der Waals surface area (Å²) < 4.78 is 0. The molecule has 0 bridgehead atoms. The summed E-state index contributed by atoms with van der Waals surface area (Å²) in [5, 5.41) is 6.84. The summed E-state index contributed by atoms with van der Waals surface area (Å²) in [4.78, 5) is 7.11. The molecule has 0 radical (unpaired) electrons. The molecule has 2 N–H and O–H groups in total. The van der Waals surface area contributed by atoms with E-state index in [0.29, 0.717) is 6.04 Å². The third-order valence-corrected chi connectivity index (χ3v) is 4.32. The van der Waals surface area contributed by atoms with E-state index in [1.54, 1.807) is 0 Å². The SMILES string of the molecule is CC1CC(C)CN(C(C)(C)CNC2=NCC(C)N2)C1. The maximum absolute atomic E-state index is 4.47. The molecule has 0 aromatic heterocycles. The van der Waals surface area contributed by atoms with Crippen LogP contribution in [0.2, 0.25) is 0 Å². The molecule has 3 atom stereocenters. The Morgan fingerprint density at radius 1 is 1.26 bits per heavy atom. The first kappa shape index (κ1) is 14.6. The highest BCUT2D eigenvalue weighted by atomic mass is 15.3. The molecule has 0 amide bonds. The smallest absolute Gasteiger partial charge is 0.191 e. The van der Waals surface area contributed by atoms with E-state index < -0.39 is 0 Å². The Balaban J connectivity index is 1.86. The molecule has 19 heavy (non-hydrogen) atoms. The Kier molecular flexibility index (Phi) is 4.39. The average Bonchev–Trinajstić information content (AvgIpc) is 2.71. The minimum absolute atomic E-state index is 0.180. The van der Waals surface area contributed by atoms with Crippen LogP contribution in [-0.2, 0) is 0 Å². The predicted octanol–water partition coefficient (Wildman–Crippen LogP) is 1.68. The number of guanidine groups is 1. The van der Waals surface area contributed by atoms with Crippen LogP contribution in [0.15, 0.2) is 4.99 Å². The highest BCUT2D eigenvalue weighted by Gasteiger charge is 2.32. The molecule has 1 fully saturated rings. The second-order valence-corrected chi connectivity index (χ2v) is 7.25. The summed E-state index contributed by atoms with van der Waals surface area (Å²) in [6.45, 7) is 15.9. The van der Waals surface area contributed by atoms with Crippen molar-refractivity contribution in [3.63, 3.8) is 0 Å². The lowest BCUT2D eigenvalue weighted by atomic mass is 9.88. The molecule has 4 nitrogen and oxygen atoms in total. The van der Waals surface area contributed by atoms with Gasteiger partial charge in [0, 0.05) is 31.2 Å². The van der Waals surface area contributed by atoms with Crippen LogP contribution < -0.4 is 10.6 Å². The van der Waals surface area contributed by atoms with Crippen LogP contribution in [-0.4, -0.2) is 48.6 Å². The van der Waals surface area contributed by atoms with Gasteiger partial charge in [-0.3, -0.25) is 9.89 Å². The third kappa shape index (κ3) is 3.85. The quantitative estimate of drug-likeness (QED) is 0.816. The van der Waals surface area contributed by atoms with Crippen LogP contribution >= 0.6 is 0 Å². The fourth-order valence-electron chi connectivity index (χ4n) is 3.23. The van der Waals surface area contributed by atoms with Gasteiger partial charge in [-0.1, -0.05) is 13.8 Å². The van der Waals surface area contributed by atoms with Crippen LogP contribution in [0.1, 0.15) is 41.0 Å². The number of likely N-dealkylation sites (tertiary alicyclic amines) is 1. The monoisotopic (exact) mass is 266 g/mol. The molecule has 2 heterocycles. The first-order chi connectivity index (χ1) is 8.87. The van der Waals surface area contributed by atoms with Gasteiger partial charge < -0.3 is 10.6 Å². The summed E-state index contributed by atoms with van der Waals surface area (Å²) in [7, 11) is 0. The zero-order chi connectivity index (χ0) is 14.0. The lowest BCUT2D eigenvalue weighted by Crippen LogP contribution is -2.57. The van der Waals surface area contributed by atoms with Gasteiger partial charge >= 0.3 is 0 Å². The van der Waals surface area contributed by atoms with Gasteiger partial charge in [0.05, 0.1) is 6.54 Å². The molecule has 0 saturated carbocycles. The van der Waals surface area contributed by atoms with Crippen molar-refractivity contribution in [2.45, 2.75) is 52.6 Å². The first-order valence-corrected chi connectivity index (χ1v) is 7.66. The molecule has 1 saturated heterocycles. The van der Waals surface area contributed by atoms with E-state index in [2.05, 4.69) is 55.1 Å². The zero-order valence-electron chi connectivity index (χ0n) is 13.2. The summed E-state index contributed by atoms with van der Waals surface area (Å²) in [6.07, 6.45) is 1.37. The van der Waals surface area contributed by atoms with Crippen LogP contribution in [0.4, 0.5) is 0 Å². The first-order valence-electron chi connectivity index (χ1n) is 7.66. The van der Waals surface area contributed by atoms with Gasteiger partial charge in [0.2, 0.25) is 0 Å². The Morgan fingerprint density at radius 3 is 2.42 bits per heavy atom. The number of hydrogen-bond acceptors (Lipinski definition) is 4. The van der Waals surface area contributed by atoms with Gasteiger partial charge in [0.1, 0.15) is 0 Å². The van der Waals surface area contributed by atoms with Gasteiger partial charge in [0.15, 0.2) is 5.96 Å². The summed E-state index contributed by atoms with van der Waals surface area (Å²) in [5.74, 6) is 2.59. The van der Waals surface area contributed by atoms with E-state index in [4.69, 9.17) is 0 Å². The Hall–Kier alpha value is -0.770. The van der Waals surface area contributed by atoms with E-state index in [1.807, 2.05) is 0 Å². The summed E-state index contributed by atoms with van der Waals surface area (Å²) in [5.41, 5.74) is 0.180. The molecule has 0 aromatic carbocycles. The van der Waals surface area contributed by atoms with E-state index >= 15 is 0 Å². The van der Waals surface area contributed by atoms with Crippen molar-refractivity contribution >= 4 is 5.96 Å². The van der Waals surface area contributed by atoms with Crippen LogP contribution in [0.5, 0.6) is 0 Å². The Bertz CT molecular complexity index is 327. The Labute approximate surface area is 118 Å². The lowest BCUT2D eigenvalue weighted by Gasteiger charge is -2.45.